The molecular formula is C30H30ClN3O5. The van der Waals surface area contributed by atoms with E-state index in [1.807, 2.05) is 78.9 Å². The minimum absolute atomic E-state index is 0. The molecule has 9 heteroatoms. The summed E-state index contributed by atoms with van der Waals surface area (Å²) in [6.07, 6.45) is 2.30. The maximum atomic E-state index is 12.0. The van der Waals surface area contributed by atoms with Gasteiger partial charge in [0.2, 0.25) is 12.6 Å². The third-order valence-corrected chi connectivity index (χ3v) is 8.31. The molecule has 4 aromatic rings. The fraction of sp³-hybridized carbons (Fsp3) is 0.333. The van der Waals surface area contributed by atoms with Crippen molar-refractivity contribution < 1.29 is 40.7 Å². The predicted molar refractivity (Wildman–Crippen MR) is 138 cm³/mol. The third-order valence-electron chi connectivity index (χ3n) is 8.31. The van der Waals surface area contributed by atoms with Gasteiger partial charge in [-0.1, -0.05) is 65.8 Å². The summed E-state index contributed by atoms with van der Waals surface area (Å²) in [5.41, 5.74) is -0.165. The highest BCUT2D eigenvalue weighted by molar-refractivity contribution is 5.47. The molecule has 3 fully saturated rings. The number of benzene rings is 3. The van der Waals surface area contributed by atoms with Crippen LogP contribution in [0.2, 0.25) is 0 Å². The van der Waals surface area contributed by atoms with Gasteiger partial charge in [-0.2, -0.15) is 4.98 Å². The van der Waals surface area contributed by atoms with Crippen LogP contribution in [0.5, 0.6) is 17.2 Å². The molecule has 0 saturated carbocycles. The van der Waals surface area contributed by atoms with E-state index >= 15 is 0 Å². The molecule has 0 spiro atoms. The zero-order valence-electron chi connectivity index (χ0n) is 21.4. The molecule has 1 aromatic heterocycles. The summed E-state index contributed by atoms with van der Waals surface area (Å²) in [7, 11) is 0. The summed E-state index contributed by atoms with van der Waals surface area (Å²) in [5, 5.41) is 16.4. The lowest BCUT2D eigenvalue weighted by molar-refractivity contribution is -0.958. The van der Waals surface area contributed by atoms with E-state index in [9.17, 15) is 5.11 Å². The molecule has 8 rings (SSSR count). The second-order valence-corrected chi connectivity index (χ2v) is 10.6. The van der Waals surface area contributed by atoms with E-state index in [0.717, 1.165) is 54.2 Å². The second-order valence-electron chi connectivity index (χ2n) is 10.6. The molecule has 202 valence electrons. The highest BCUT2D eigenvalue weighted by Gasteiger charge is 2.48. The third kappa shape index (κ3) is 4.62. The van der Waals surface area contributed by atoms with Crippen LogP contribution < -0.4 is 26.6 Å². The Morgan fingerprint density at radius 1 is 0.897 bits per heavy atom. The van der Waals surface area contributed by atoms with Crippen molar-refractivity contribution in [1.82, 2.24) is 10.1 Å². The number of fused-ring (bicyclic) bond motifs is 4. The first-order chi connectivity index (χ1) is 18.6. The molecule has 0 unspecified atom stereocenters. The van der Waals surface area contributed by atoms with Crippen LogP contribution in [0.1, 0.15) is 35.7 Å². The molecular weight excluding hydrogens is 518 g/mol. The summed E-state index contributed by atoms with van der Waals surface area (Å²) in [5.74, 6) is 3.62. The first-order valence-electron chi connectivity index (χ1n) is 13.2. The van der Waals surface area contributed by atoms with Gasteiger partial charge in [0.1, 0.15) is 18.8 Å². The summed E-state index contributed by atoms with van der Waals surface area (Å²) >= 11 is 0. The summed E-state index contributed by atoms with van der Waals surface area (Å²) in [6, 6.07) is 24.8. The van der Waals surface area contributed by atoms with Crippen LogP contribution >= 0.6 is 0 Å². The molecule has 8 nitrogen and oxygen atoms in total. The summed E-state index contributed by atoms with van der Waals surface area (Å²) < 4.78 is 24.1. The smallest absolute Gasteiger partial charge is 0.268 e. The van der Waals surface area contributed by atoms with Gasteiger partial charge in [-0.3, -0.25) is 0 Å². The topological polar surface area (TPSA) is 86.8 Å². The molecule has 3 aromatic carbocycles. The van der Waals surface area contributed by atoms with E-state index in [-0.39, 0.29) is 31.2 Å². The van der Waals surface area contributed by atoms with Crippen molar-refractivity contribution in [3.8, 4) is 17.2 Å². The van der Waals surface area contributed by atoms with Crippen molar-refractivity contribution in [3.05, 3.63) is 102 Å². The number of hydrogen-bond donors (Lipinski definition) is 1. The quantitative estimate of drug-likeness (QED) is 0.349. The van der Waals surface area contributed by atoms with Gasteiger partial charge in [0.05, 0.1) is 13.1 Å². The molecule has 39 heavy (non-hydrogen) atoms. The Balaban J connectivity index is 0.00000277. The standard InChI is InChI=1S/C30H30N3O5.ClH/c34-30(22-7-3-1-4-8-22,23-9-5-2-6-10-23)29-31-28(32-38-29)19-33-15-13-21(14-16-33)27(18-33)37-24-11-12-25-26(17-24)36-20-35-25;/h1-12,17,21,27,34H,13-16,18-20H2;1H/q+1;/p-1/t21?,27-,33?;/m0./s1. The number of halogens is 1. The maximum Gasteiger partial charge on any atom is 0.268 e. The van der Waals surface area contributed by atoms with Gasteiger partial charge in [-0.15, -0.1) is 0 Å². The molecule has 4 aliphatic rings. The number of quaternary nitrogens is 1. The lowest BCUT2D eigenvalue weighted by Gasteiger charge is -2.51. The minimum atomic E-state index is -1.53. The van der Waals surface area contributed by atoms with Gasteiger partial charge in [0, 0.05) is 24.8 Å². The Morgan fingerprint density at radius 2 is 1.56 bits per heavy atom. The first-order valence-corrected chi connectivity index (χ1v) is 13.2. The highest BCUT2D eigenvalue weighted by atomic mass is 35.5. The Bertz CT molecular complexity index is 1380. The molecule has 5 heterocycles. The minimum Gasteiger partial charge on any atom is -1.00 e. The van der Waals surface area contributed by atoms with Crippen LogP contribution in [0.25, 0.3) is 0 Å². The SMILES string of the molecule is OC(c1ccccc1)(c1ccccc1)c1nc(C[N+]23CCC(CC2)[C@@H](Oc2ccc4c(c2)OCO4)C3)no1.[Cl-]. The van der Waals surface area contributed by atoms with Crippen molar-refractivity contribution in [2.45, 2.75) is 31.1 Å². The number of nitrogens with zero attached hydrogens (tertiary/aromatic N) is 3. The van der Waals surface area contributed by atoms with E-state index in [4.69, 9.17) is 23.7 Å². The molecule has 3 saturated heterocycles. The van der Waals surface area contributed by atoms with Gasteiger partial charge >= 0.3 is 0 Å². The van der Waals surface area contributed by atoms with E-state index in [1.54, 1.807) is 0 Å². The van der Waals surface area contributed by atoms with Crippen LogP contribution in [-0.4, -0.2) is 52.3 Å². The van der Waals surface area contributed by atoms with E-state index < -0.39 is 5.60 Å². The fourth-order valence-corrected chi connectivity index (χ4v) is 6.24. The van der Waals surface area contributed by atoms with Crippen LogP contribution in [0, 0.1) is 5.92 Å². The summed E-state index contributed by atoms with van der Waals surface area (Å²) in [4.78, 5) is 4.77. The van der Waals surface area contributed by atoms with Gasteiger partial charge in [0.25, 0.3) is 5.89 Å². The maximum absolute atomic E-state index is 12.0. The van der Waals surface area contributed by atoms with Crippen molar-refractivity contribution in [2.75, 3.05) is 26.4 Å². The van der Waals surface area contributed by atoms with Crippen molar-refractivity contribution >= 4 is 0 Å². The molecule has 2 bridgehead atoms. The van der Waals surface area contributed by atoms with E-state index in [0.29, 0.717) is 29.4 Å². The monoisotopic (exact) mass is 547 g/mol. The van der Waals surface area contributed by atoms with Crippen LogP contribution in [-0.2, 0) is 12.1 Å². The van der Waals surface area contributed by atoms with Crippen molar-refractivity contribution in [2.24, 2.45) is 5.92 Å². The number of rotatable bonds is 7. The highest BCUT2D eigenvalue weighted by Crippen LogP contribution is 2.41. The Morgan fingerprint density at radius 3 is 2.26 bits per heavy atom. The molecule has 1 atom stereocenters. The van der Waals surface area contributed by atoms with Gasteiger partial charge in [-0.25, -0.2) is 0 Å². The first kappa shape index (κ1) is 25.7. The van der Waals surface area contributed by atoms with Crippen LogP contribution in [0.3, 0.4) is 0 Å². The average molecular weight is 548 g/mol. The largest absolute Gasteiger partial charge is 1.00 e. The van der Waals surface area contributed by atoms with Gasteiger partial charge in [-0.05, 0) is 23.3 Å². The van der Waals surface area contributed by atoms with Crippen molar-refractivity contribution in [1.29, 1.82) is 0 Å². The van der Waals surface area contributed by atoms with E-state index in [2.05, 4.69) is 5.16 Å². The number of aromatic nitrogens is 2. The fourth-order valence-electron chi connectivity index (χ4n) is 6.24. The Kier molecular flexibility index (Phi) is 6.71. The van der Waals surface area contributed by atoms with Gasteiger partial charge in [0.15, 0.2) is 23.2 Å². The number of hydrogen-bond acceptors (Lipinski definition) is 7. The molecule has 0 aliphatic carbocycles. The Hall–Kier alpha value is -3.59. The zero-order chi connectivity index (χ0) is 25.6. The van der Waals surface area contributed by atoms with Gasteiger partial charge < -0.3 is 40.7 Å². The van der Waals surface area contributed by atoms with E-state index in [1.165, 1.54) is 0 Å². The normalized spacial score (nSPS) is 23.3. The summed E-state index contributed by atoms with van der Waals surface area (Å²) in [6.45, 7) is 3.87. The lowest BCUT2D eigenvalue weighted by atomic mass is 9.83. The molecule has 0 radical (unpaired) electrons. The Labute approximate surface area is 233 Å². The zero-order valence-corrected chi connectivity index (χ0v) is 22.2. The molecule has 1 N–H and O–H groups in total. The number of aliphatic hydroxyl groups is 1. The number of ether oxygens (including phenoxy) is 3. The van der Waals surface area contributed by atoms with Crippen LogP contribution in [0.15, 0.2) is 83.4 Å². The second kappa shape index (κ2) is 10.2. The molecule has 0 amide bonds. The number of piperidine rings is 3. The van der Waals surface area contributed by atoms with Crippen molar-refractivity contribution in [3.63, 3.8) is 0 Å². The predicted octanol–water partition coefficient (Wildman–Crippen LogP) is 1.27. The van der Waals surface area contributed by atoms with Crippen LogP contribution in [0.4, 0.5) is 0 Å². The molecule has 4 aliphatic heterocycles. The lowest BCUT2D eigenvalue weighted by Crippen LogP contribution is -3.00. The average Bonchev–Trinajstić information content (AvgIpc) is 3.64.